The van der Waals surface area contributed by atoms with Crippen LogP contribution in [-0.2, 0) is 13.6 Å². The zero-order chi connectivity index (χ0) is 11.0. The van der Waals surface area contributed by atoms with Gasteiger partial charge >= 0.3 is 0 Å². The number of nitrogens with one attached hydrogen (secondary N) is 1. The van der Waals surface area contributed by atoms with Crippen molar-refractivity contribution in [3.8, 4) is 0 Å². The Morgan fingerprint density at radius 3 is 2.94 bits per heavy atom. The van der Waals surface area contributed by atoms with Crippen molar-refractivity contribution >= 4 is 0 Å². The average molecular weight is 220 g/mol. The van der Waals surface area contributed by atoms with Gasteiger partial charge in [-0.25, -0.2) is 0 Å². The normalized spacial score (nSPS) is 26.4. The third-order valence-electron chi connectivity index (χ3n) is 3.63. The van der Waals surface area contributed by atoms with Gasteiger partial charge in [-0.05, 0) is 25.3 Å². The minimum Gasteiger partial charge on any atom is -0.310 e. The van der Waals surface area contributed by atoms with Gasteiger partial charge in [-0.1, -0.05) is 0 Å². The minimum atomic E-state index is 0.723. The largest absolute Gasteiger partial charge is 0.310 e. The highest BCUT2D eigenvalue weighted by Crippen LogP contribution is 2.22. The molecule has 1 aromatic rings. The molecule has 0 amide bonds. The van der Waals surface area contributed by atoms with Gasteiger partial charge in [0.15, 0.2) is 0 Å². The second-order valence-corrected chi connectivity index (χ2v) is 5.11. The lowest BCUT2D eigenvalue weighted by Gasteiger charge is -2.16. The molecule has 1 aliphatic heterocycles. The zero-order valence-electron chi connectivity index (χ0n) is 9.89. The predicted octanol–water partition coefficient (Wildman–Crippen LogP) is 0.746. The number of aromatic nitrogens is 2. The van der Waals surface area contributed by atoms with Crippen molar-refractivity contribution < 1.29 is 0 Å². The molecule has 4 nitrogen and oxygen atoms in total. The van der Waals surface area contributed by atoms with E-state index in [9.17, 15) is 0 Å². The van der Waals surface area contributed by atoms with Gasteiger partial charge in [-0.3, -0.25) is 9.58 Å². The fraction of sp³-hybridized carbons (Fsp3) is 0.750. The summed E-state index contributed by atoms with van der Waals surface area (Å²) in [6, 6.07) is 3.67. The first kappa shape index (κ1) is 10.3. The van der Waals surface area contributed by atoms with Gasteiger partial charge in [0.25, 0.3) is 0 Å². The number of aryl methyl sites for hydroxylation is 1. The first-order chi connectivity index (χ1) is 7.81. The van der Waals surface area contributed by atoms with Crippen LogP contribution >= 0.6 is 0 Å². The minimum absolute atomic E-state index is 0.723. The van der Waals surface area contributed by atoms with Gasteiger partial charge in [0.2, 0.25) is 0 Å². The maximum atomic E-state index is 4.21. The zero-order valence-corrected chi connectivity index (χ0v) is 9.89. The third-order valence-corrected chi connectivity index (χ3v) is 3.63. The van der Waals surface area contributed by atoms with Crippen molar-refractivity contribution in [3.63, 3.8) is 0 Å². The van der Waals surface area contributed by atoms with E-state index < -0.39 is 0 Å². The smallest absolute Gasteiger partial charge is 0.0521 e. The lowest BCUT2D eigenvalue weighted by Crippen LogP contribution is -2.33. The summed E-state index contributed by atoms with van der Waals surface area (Å²) in [5.41, 5.74) is 1.31. The van der Waals surface area contributed by atoms with Gasteiger partial charge in [0.05, 0.1) is 5.69 Å². The molecule has 2 heterocycles. The molecule has 1 unspecified atom stereocenters. The monoisotopic (exact) mass is 220 g/mol. The molecule has 3 rings (SSSR count). The number of hydrogen-bond donors (Lipinski definition) is 1. The molecule has 1 aromatic heterocycles. The Morgan fingerprint density at radius 1 is 1.38 bits per heavy atom. The Bertz CT molecular complexity index is 356. The topological polar surface area (TPSA) is 33.1 Å². The molecule has 0 spiro atoms. The fourth-order valence-corrected chi connectivity index (χ4v) is 2.48. The van der Waals surface area contributed by atoms with Gasteiger partial charge in [-0.15, -0.1) is 0 Å². The number of rotatable bonds is 4. The molecule has 88 valence electrons. The molecule has 2 aliphatic rings. The molecular formula is C12H20N4. The fourth-order valence-electron chi connectivity index (χ4n) is 2.48. The maximum absolute atomic E-state index is 4.21. The summed E-state index contributed by atoms with van der Waals surface area (Å²) in [4.78, 5) is 2.52. The molecule has 1 N–H and O–H groups in total. The third kappa shape index (κ3) is 2.28. The average Bonchev–Trinajstić information content (AvgIpc) is 2.82. The Labute approximate surface area is 96.6 Å². The molecule has 1 saturated carbocycles. The number of likely N-dealkylation sites (tertiary alicyclic amines) is 1. The summed E-state index contributed by atoms with van der Waals surface area (Å²) in [7, 11) is 2.02. The summed E-state index contributed by atoms with van der Waals surface area (Å²) >= 11 is 0. The lowest BCUT2D eigenvalue weighted by atomic mass is 10.2. The van der Waals surface area contributed by atoms with E-state index in [1.807, 2.05) is 17.9 Å². The second kappa shape index (κ2) is 4.18. The van der Waals surface area contributed by atoms with Crippen LogP contribution in [0.5, 0.6) is 0 Å². The number of hydrogen-bond acceptors (Lipinski definition) is 3. The summed E-state index contributed by atoms with van der Waals surface area (Å²) in [5.74, 6) is 0. The van der Waals surface area contributed by atoms with Crippen LogP contribution in [0.4, 0.5) is 0 Å². The molecule has 1 aliphatic carbocycles. The molecular weight excluding hydrogens is 200 g/mol. The highest BCUT2D eigenvalue weighted by atomic mass is 15.3. The Balaban J connectivity index is 1.51. The van der Waals surface area contributed by atoms with Crippen molar-refractivity contribution in [1.82, 2.24) is 20.0 Å². The van der Waals surface area contributed by atoms with Gasteiger partial charge in [0, 0.05) is 45.0 Å². The molecule has 0 bridgehead atoms. The second-order valence-electron chi connectivity index (χ2n) is 5.11. The Morgan fingerprint density at radius 2 is 2.25 bits per heavy atom. The molecule has 0 radical (unpaired) electrons. The maximum Gasteiger partial charge on any atom is 0.0521 e. The molecule has 16 heavy (non-hydrogen) atoms. The molecule has 0 aromatic carbocycles. The summed E-state index contributed by atoms with van der Waals surface area (Å²) in [5, 5.41) is 7.92. The van der Waals surface area contributed by atoms with E-state index in [0.29, 0.717) is 0 Å². The summed E-state index contributed by atoms with van der Waals surface area (Å²) in [6.45, 7) is 3.45. The van der Waals surface area contributed by atoms with Crippen molar-refractivity contribution in [2.45, 2.75) is 37.9 Å². The summed E-state index contributed by atoms with van der Waals surface area (Å²) < 4.78 is 1.97. The molecule has 2 fully saturated rings. The highest BCUT2D eigenvalue weighted by molar-refractivity contribution is 5.01. The van der Waals surface area contributed by atoms with E-state index in [1.54, 1.807) is 0 Å². The molecule has 1 saturated heterocycles. The number of nitrogens with zero attached hydrogens (tertiary/aromatic N) is 3. The van der Waals surface area contributed by atoms with E-state index in [4.69, 9.17) is 0 Å². The van der Waals surface area contributed by atoms with Crippen LogP contribution in [0.15, 0.2) is 12.3 Å². The van der Waals surface area contributed by atoms with Crippen molar-refractivity contribution in [2.75, 3.05) is 13.1 Å². The van der Waals surface area contributed by atoms with Gasteiger partial charge < -0.3 is 5.32 Å². The van der Waals surface area contributed by atoms with Crippen molar-refractivity contribution in [3.05, 3.63) is 18.0 Å². The van der Waals surface area contributed by atoms with Crippen LogP contribution < -0.4 is 5.32 Å². The van der Waals surface area contributed by atoms with Gasteiger partial charge in [0.1, 0.15) is 0 Å². The summed E-state index contributed by atoms with van der Waals surface area (Å²) in [6.07, 6.45) is 5.95. The van der Waals surface area contributed by atoms with E-state index in [-0.39, 0.29) is 0 Å². The lowest BCUT2D eigenvalue weighted by molar-refractivity contribution is 0.310. The van der Waals surface area contributed by atoms with Crippen LogP contribution in [0.2, 0.25) is 0 Å². The van der Waals surface area contributed by atoms with Crippen LogP contribution in [0.3, 0.4) is 0 Å². The van der Waals surface area contributed by atoms with Crippen LogP contribution in [0.25, 0.3) is 0 Å². The first-order valence-electron chi connectivity index (χ1n) is 6.26. The quantitative estimate of drug-likeness (QED) is 0.812. The van der Waals surface area contributed by atoms with E-state index >= 15 is 0 Å². The van der Waals surface area contributed by atoms with E-state index in [1.165, 1.54) is 38.0 Å². The predicted molar refractivity (Wildman–Crippen MR) is 63.0 cm³/mol. The standard InChI is InChI=1S/C12H20N4/c1-15-12(4-6-13-15)9-16-7-5-11(8-16)14-10-2-3-10/h4,6,10-11,14H,2-3,5,7-9H2,1H3. The van der Waals surface area contributed by atoms with Crippen molar-refractivity contribution in [2.24, 2.45) is 7.05 Å². The molecule has 1 atom stereocenters. The highest BCUT2D eigenvalue weighted by Gasteiger charge is 2.29. The Kier molecular flexibility index (Phi) is 2.69. The Hall–Kier alpha value is -0.870. The van der Waals surface area contributed by atoms with Gasteiger partial charge in [-0.2, -0.15) is 5.10 Å². The van der Waals surface area contributed by atoms with Crippen LogP contribution in [0.1, 0.15) is 25.0 Å². The van der Waals surface area contributed by atoms with Crippen LogP contribution in [-0.4, -0.2) is 39.9 Å². The van der Waals surface area contributed by atoms with E-state index in [2.05, 4.69) is 21.4 Å². The SMILES string of the molecule is Cn1nccc1CN1CCC(NC2CC2)C1. The van der Waals surface area contributed by atoms with E-state index in [0.717, 1.165) is 18.6 Å². The van der Waals surface area contributed by atoms with Crippen LogP contribution in [0, 0.1) is 0 Å². The van der Waals surface area contributed by atoms with Crippen molar-refractivity contribution in [1.29, 1.82) is 0 Å². The first-order valence-corrected chi connectivity index (χ1v) is 6.26. The molecule has 4 heteroatoms.